The Morgan fingerprint density at radius 3 is 2.86 bits per heavy atom. The lowest BCUT2D eigenvalue weighted by molar-refractivity contribution is 0.198. The quantitative estimate of drug-likeness (QED) is 0.658. The summed E-state index contributed by atoms with van der Waals surface area (Å²) in [5.41, 5.74) is 0.0652. The first-order chi connectivity index (χ1) is 10.0. The van der Waals surface area contributed by atoms with Gasteiger partial charge >= 0.3 is 0 Å². The lowest BCUT2D eigenvalue weighted by atomic mass is 10.1. The monoisotopic (exact) mass is 311 g/mol. The zero-order valence-corrected chi connectivity index (χ0v) is 12.3. The van der Waals surface area contributed by atoms with E-state index in [4.69, 9.17) is 0 Å². The molecule has 0 fully saturated rings. The number of benzene rings is 1. The van der Waals surface area contributed by atoms with E-state index in [0.717, 1.165) is 18.0 Å². The van der Waals surface area contributed by atoms with Crippen LogP contribution in [0.3, 0.4) is 0 Å². The second-order valence-corrected chi connectivity index (χ2v) is 5.41. The number of thioether (sulfide) groups is 1. The molecule has 21 heavy (non-hydrogen) atoms. The first-order valence-corrected chi connectivity index (χ1v) is 7.28. The predicted octanol–water partition coefficient (Wildman–Crippen LogP) is 2.88. The molecular formula is C14H15F2N3OS. The van der Waals surface area contributed by atoms with Gasteiger partial charge in [0.2, 0.25) is 0 Å². The smallest absolute Gasteiger partial charge is 0.191 e. The second kappa shape index (κ2) is 6.82. The molecule has 1 heterocycles. The summed E-state index contributed by atoms with van der Waals surface area (Å²) < 4.78 is 28.3. The molecule has 0 saturated carbocycles. The second-order valence-electron chi connectivity index (χ2n) is 4.42. The standard InChI is InChI=1S/C14H15F2N3OS/c1-3-6-19-9(2)17-18-14(19)21-8-13(20)11-5-4-10(15)7-12(11)16/h3-5,7,13,20H,1,6,8H2,2H3. The van der Waals surface area contributed by atoms with Crippen molar-refractivity contribution in [1.82, 2.24) is 14.8 Å². The molecule has 1 aromatic carbocycles. The molecule has 112 valence electrons. The molecule has 0 saturated heterocycles. The summed E-state index contributed by atoms with van der Waals surface area (Å²) >= 11 is 1.25. The van der Waals surface area contributed by atoms with E-state index < -0.39 is 17.7 Å². The van der Waals surface area contributed by atoms with Gasteiger partial charge in [0.1, 0.15) is 17.5 Å². The van der Waals surface area contributed by atoms with Crippen molar-refractivity contribution in [3.05, 3.63) is 53.9 Å². The van der Waals surface area contributed by atoms with Gasteiger partial charge in [0.25, 0.3) is 0 Å². The fourth-order valence-corrected chi connectivity index (χ4v) is 2.77. The average molecular weight is 311 g/mol. The highest BCUT2D eigenvalue weighted by molar-refractivity contribution is 7.99. The number of rotatable bonds is 6. The van der Waals surface area contributed by atoms with Gasteiger partial charge in [-0.25, -0.2) is 8.78 Å². The molecule has 0 aliphatic heterocycles. The summed E-state index contributed by atoms with van der Waals surface area (Å²) in [6.45, 7) is 6.03. The molecule has 0 aliphatic carbocycles. The zero-order valence-electron chi connectivity index (χ0n) is 11.5. The van der Waals surface area contributed by atoms with Gasteiger partial charge in [0.15, 0.2) is 5.16 Å². The van der Waals surface area contributed by atoms with E-state index in [1.165, 1.54) is 17.8 Å². The number of aryl methyl sites for hydroxylation is 1. The first-order valence-electron chi connectivity index (χ1n) is 6.29. The summed E-state index contributed by atoms with van der Waals surface area (Å²) in [7, 11) is 0. The Kier molecular flexibility index (Phi) is 5.08. The van der Waals surface area contributed by atoms with Crippen molar-refractivity contribution in [2.24, 2.45) is 0 Å². The van der Waals surface area contributed by atoms with Crippen molar-refractivity contribution in [1.29, 1.82) is 0 Å². The van der Waals surface area contributed by atoms with E-state index in [1.807, 2.05) is 11.5 Å². The number of allylic oxidation sites excluding steroid dienone is 1. The minimum atomic E-state index is -1.05. The maximum absolute atomic E-state index is 13.6. The molecule has 0 radical (unpaired) electrons. The van der Waals surface area contributed by atoms with Crippen LogP contribution < -0.4 is 0 Å². The van der Waals surface area contributed by atoms with Gasteiger partial charge in [0, 0.05) is 23.9 Å². The molecule has 0 bridgehead atoms. The van der Waals surface area contributed by atoms with Crippen LogP contribution in [0.25, 0.3) is 0 Å². The maximum atomic E-state index is 13.6. The average Bonchev–Trinajstić information content (AvgIpc) is 2.78. The van der Waals surface area contributed by atoms with Crippen LogP contribution in [-0.4, -0.2) is 25.6 Å². The third-order valence-corrected chi connectivity index (χ3v) is 3.95. The normalized spacial score (nSPS) is 12.4. The zero-order chi connectivity index (χ0) is 15.4. The topological polar surface area (TPSA) is 50.9 Å². The molecule has 4 nitrogen and oxygen atoms in total. The number of aromatic nitrogens is 3. The molecule has 1 aromatic heterocycles. The van der Waals surface area contributed by atoms with Crippen molar-refractivity contribution >= 4 is 11.8 Å². The number of aliphatic hydroxyl groups excluding tert-OH is 1. The Morgan fingerprint density at radius 2 is 2.19 bits per heavy atom. The third kappa shape index (κ3) is 3.68. The maximum Gasteiger partial charge on any atom is 0.191 e. The third-order valence-electron chi connectivity index (χ3n) is 2.91. The van der Waals surface area contributed by atoms with E-state index in [1.54, 1.807) is 6.08 Å². The Hall–Kier alpha value is -1.73. The molecule has 2 aromatic rings. The van der Waals surface area contributed by atoms with Crippen molar-refractivity contribution in [2.45, 2.75) is 24.7 Å². The molecule has 0 aliphatic rings. The van der Waals surface area contributed by atoms with E-state index in [2.05, 4.69) is 16.8 Å². The molecule has 1 atom stereocenters. The Labute approximate surface area is 125 Å². The summed E-state index contributed by atoms with van der Waals surface area (Å²) in [6, 6.07) is 3.12. The van der Waals surface area contributed by atoms with Gasteiger partial charge < -0.3 is 9.67 Å². The van der Waals surface area contributed by atoms with Crippen LogP contribution in [0.2, 0.25) is 0 Å². The van der Waals surface area contributed by atoms with Crippen LogP contribution in [0.4, 0.5) is 8.78 Å². The lowest BCUT2D eigenvalue weighted by Gasteiger charge is -2.12. The van der Waals surface area contributed by atoms with Gasteiger partial charge in [-0.3, -0.25) is 0 Å². The molecule has 7 heteroatoms. The fourth-order valence-electron chi connectivity index (χ4n) is 1.82. The molecule has 2 rings (SSSR count). The van der Waals surface area contributed by atoms with Gasteiger partial charge in [-0.2, -0.15) is 0 Å². The molecule has 0 spiro atoms. The van der Waals surface area contributed by atoms with Gasteiger partial charge in [-0.05, 0) is 13.0 Å². The van der Waals surface area contributed by atoms with Crippen molar-refractivity contribution in [2.75, 3.05) is 5.75 Å². The lowest BCUT2D eigenvalue weighted by Crippen LogP contribution is -2.06. The van der Waals surface area contributed by atoms with Crippen LogP contribution in [0.1, 0.15) is 17.5 Å². The van der Waals surface area contributed by atoms with Crippen LogP contribution in [0.15, 0.2) is 36.0 Å². The predicted molar refractivity (Wildman–Crippen MR) is 77.0 cm³/mol. The van der Waals surface area contributed by atoms with Crippen LogP contribution in [0.5, 0.6) is 0 Å². The highest BCUT2D eigenvalue weighted by Crippen LogP contribution is 2.26. The molecule has 1 unspecified atom stereocenters. The summed E-state index contributed by atoms with van der Waals surface area (Å²) in [5.74, 6) is -0.498. The van der Waals surface area contributed by atoms with Crippen molar-refractivity contribution < 1.29 is 13.9 Å². The van der Waals surface area contributed by atoms with E-state index in [9.17, 15) is 13.9 Å². The van der Waals surface area contributed by atoms with Crippen LogP contribution >= 0.6 is 11.8 Å². The minimum Gasteiger partial charge on any atom is -0.387 e. The number of aliphatic hydroxyl groups is 1. The SMILES string of the molecule is C=CCn1c(C)nnc1SCC(O)c1ccc(F)cc1F. The fraction of sp³-hybridized carbons (Fsp3) is 0.286. The number of hydrogen-bond acceptors (Lipinski definition) is 4. The molecule has 1 N–H and O–H groups in total. The van der Waals surface area contributed by atoms with Gasteiger partial charge in [-0.15, -0.1) is 16.8 Å². The Balaban J connectivity index is 2.07. The number of hydrogen-bond donors (Lipinski definition) is 1. The van der Waals surface area contributed by atoms with Crippen LogP contribution in [0, 0.1) is 18.6 Å². The van der Waals surface area contributed by atoms with E-state index in [-0.39, 0.29) is 11.3 Å². The van der Waals surface area contributed by atoms with Gasteiger partial charge in [0.05, 0.1) is 6.10 Å². The summed E-state index contributed by atoms with van der Waals surface area (Å²) in [4.78, 5) is 0. The summed E-state index contributed by atoms with van der Waals surface area (Å²) in [6.07, 6.45) is 0.668. The number of halogens is 2. The highest BCUT2D eigenvalue weighted by Gasteiger charge is 2.16. The van der Waals surface area contributed by atoms with Crippen molar-refractivity contribution in [3.8, 4) is 0 Å². The highest BCUT2D eigenvalue weighted by atomic mass is 32.2. The van der Waals surface area contributed by atoms with Crippen LogP contribution in [-0.2, 0) is 6.54 Å². The van der Waals surface area contributed by atoms with Crippen molar-refractivity contribution in [3.63, 3.8) is 0 Å². The Bertz CT molecular complexity index is 645. The number of nitrogens with zero attached hydrogens (tertiary/aromatic N) is 3. The molecule has 0 amide bonds. The first kappa shape index (κ1) is 15.7. The molecular weight excluding hydrogens is 296 g/mol. The Morgan fingerprint density at radius 1 is 1.43 bits per heavy atom. The van der Waals surface area contributed by atoms with E-state index in [0.29, 0.717) is 11.7 Å². The summed E-state index contributed by atoms with van der Waals surface area (Å²) in [5, 5.41) is 18.6. The minimum absolute atomic E-state index is 0.0652. The largest absolute Gasteiger partial charge is 0.387 e. The van der Waals surface area contributed by atoms with Gasteiger partial charge in [-0.1, -0.05) is 23.9 Å². The van der Waals surface area contributed by atoms with E-state index >= 15 is 0 Å².